The average molecular weight is 288 g/mol. The highest BCUT2D eigenvalue weighted by atomic mass is 16.6. The van der Waals surface area contributed by atoms with Crippen LogP contribution in [0.3, 0.4) is 0 Å². The predicted octanol–water partition coefficient (Wildman–Crippen LogP) is 1.64. The molecule has 0 radical (unpaired) electrons. The summed E-state index contributed by atoms with van der Waals surface area (Å²) in [7, 11) is 0. The van der Waals surface area contributed by atoms with Gasteiger partial charge in [-0.05, 0) is 13.8 Å². The Bertz CT molecular complexity index is 313. The first kappa shape index (κ1) is 16.8. The molecule has 1 heterocycles. The summed E-state index contributed by atoms with van der Waals surface area (Å²) in [5, 5.41) is 0. The van der Waals surface area contributed by atoms with E-state index in [1.54, 1.807) is 13.8 Å². The molecule has 20 heavy (non-hydrogen) atoms. The molecule has 0 saturated carbocycles. The Morgan fingerprint density at radius 2 is 1.60 bits per heavy atom. The molecular formula is C14H24O6. The predicted molar refractivity (Wildman–Crippen MR) is 72.1 cm³/mol. The second kappa shape index (κ2) is 10.5. The van der Waals surface area contributed by atoms with E-state index < -0.39 is 5.97 Å². The molecule has 0 aromatic rings. The molecule has 0 aromatic heterocycles. The molecule has 116 valence electrons. The molecule has 0 fully saturated rings. The van der Waals surface area contributed by atoms with E-state index in [9.17, 15) is 4.79 Å². The van der Waals surface area contributed by atoms with Crippen molar-refractivity contribution in [2.24, 2.45) is 0 Å². The van der Waals surface area contributed by atoms with Crippen molar-refractivity contribution in [2.45, 2.75) is 26.7 Å². The highest BCUT2D eigenvalue weighted by Crippen LogP contribution is 2.11. The monoisotopic (exact) mass is 288 g/mol. The number of esters is 1. The molecule has 0 N–H and O–H groups in total. The maximum atomic E-state index is 11.8. The maximum absolute atomic E-state index is 11.8. The molecule has 1 aliphatic rings. The standard InChI is InChI=1S/C14H24O6/c1-3-18-14(15)13-12(2)19-8-4-6-16-10-11-17-7-5-9-20-13/h3-11H2,1-2H3/b13-12-. The Labute approximate surface area is 120 Å². The van der Waals surface area contributed by atoms with Crippen LogP contribution in [0, 0.1) is 0 Å². The minimum absolute atomic E-state index is 0.143. The van der Waals surface area contributed by atoms with Crippen molar-refractivity contribution in [3.63, 3.8) is 0 Å². The molecule has 0 unspecified atom stereocenters. The van der Waals surface area contributed by atoms with Crippen LogP contribution in [-0.2, 0) is 28.5 Å². The number of allylic oxidation sites excluding steroid dienone is 1. The normalized spacial score (nSPS) is 23.1. The van der Waals surface area contributed by atoms with Crippen molar-refractivity contribution in [3.8, 4) is 0 Å². The summed E-state index contributed by atoms with van der Waals surface area (Å²) in [6.45, 7) is 6.94. The fourth-order valence-electron chi connectivity index (χ4n) is 1.61. The first-order chi connectivity index (χ1) is 9.75. The van der Waals surface area contributed by atoms with Crippen molar-refractivity contribution in [3.05, 3.63) is 11.5 Å². The zero-order valence-corrected chi connectivity index (χ0v) is 12.3. The van der Waals surface area contributed by atoms with E-state index in [0.717, 1.165) is 6.42 Å². The van der Waals surface area contributed by atoms with Gasteiger partial charge in [0.2, 0.25) is 5.76 Å². The van der Waals surface area contributed by atoms with Gasteiger partial charge in [-0.25, -0.2) is 4.79 Å². The van der Waals surface area contributed by atoms with Crippen LogP contribution in [0.5, 0.6) is 0 Å². The smallest absolute Gasteiger partial charge is 0.377 e. The van der Waals surface area contributed by atoms with Crippen molar-refractivity contribution in [2.75, 3.05) is 46.2 Å². The fraction of sp³-hybridized carbons (Fsp3) is 0.786. The number of hydrogen-bond acceptors (Lipinski definition) is 6. The molecule has 1 rings (SSSR count). The first-order valence-electron chi connectivity index (χ1n) is 7.04. The van der Waals surface area contributed by atoms with Crippen LogP contribution in [0.1, 0.15) is 26.7 Å². The molecule has 0 amide bonds. The van der Waals surface area contributed by atoms with Crippen LogP contribution in [0.15, 0.2) is 11.5 Å². The van der Waals surface area contributed by atoms with Gasteiger partial charge in [-0.2, -0.15) is 0 Å². The number of rotatable bonds is 2. The number of hydrogen-bond donors (Lipinski definition) is 0. The summed E-state index contributed by atoms with van der Waals surface area (Å²) in [6.07, 6.45) is 1.43. The SMILES string of the molecule is CCOC(=O)/C1=C(\C)OCCCOCCOCCCO1. The van der Waals surface area contributed by atoms with Crippen LogP contribution in [0.4, 0.5) is 0 Å². The second-order valence-electron chi connectivity index (χ2n) is 4.23. The molecule has 1 aliphatic heterocycles. The second-order valence-corrected chi connectivity index (χ2v) is 4.23. The lowest BCUT2D eigenvalue weighted by atomic mass is 10.4. The van der Waals surface area contributed by atoms with Crippen molar-refractivity contribution in [1.82, 2.24) is 0 Å². The van der Waals surface area contributed by atoms with Crippen LogP contribution >= 0.6 is 0 Å². The Balaban J connectivity index is 2.60. The zero-order chi connectivity index (χ0) is 14.6. The Morgan fingerprint density at radius 3 is 2.20 bits per heavy atom. The summed E-state index contributed by atoms with van der Waals surface area (Å²) in [4.78, 5) is 11.8. The third-order valence-corrected chi connectivity index (χ3v) is 2.58. The minimum atomic E-state index is -0.491. The number of carbonyl (C=O) groups excluding carboxylic acids is 1. The summed E-state index contributed by atoms with van der Waals surface area (Å²) in [5.41, 5.74) is 0. The van der Waals surface area contributed by atoms with Gasteiger partial charge in [-0.15, -0.1) is 0 Å². The molecule has 0 aliphatic carbocycles. The zero-order valence-electron chi connectivity index (χ0n) is 12.3. The lowest BCUT2D eigenvalue weighted by Crippen LogP contribution is -2.16. The van der Waals surface area contributed by atoms with Gasteiger partial charge >= 0.3 is 5.97 Å². The van der Waals surface area contributed by atoms with E-state index in [-0.39, 0.29) is 5.76 Å². The Morgan fingerprint density at radius 1 is 1.00 bits per heavy atom. The van der Waals surface area contributed by atoms with Gasteiger partial charge in [0.15, 0.2) is 0 Å². The maximum Gasteiger partial charge on any atom is 0.377 e. The Hall–Kier alpha value is -1.27. The van der Waals surface area contributed by atoms with Crippen LogP contribution in [0.2, 0.25) is 0 Å². The van der Waals surface area contributed by atoms with Crippen LogP contribution in [-0.4, -0.2) is 52.2 Å². The van der Waals surface area contributed by atoms with Crippen molar-refractivity contribution in [1.29, 1.82) is 0 Å². The van der Waals surface area contributed by atoms with Gasteiger partial charge in [0.25, 0.3) is 0 Å². The third-order valence-electron chi connectivity index (χ3n) is 2.58. The van der Waals surface area contributed by atoms with Gasteiger partial charge in [-0.3, -0.25) is 0 Å². The highest BCUT2D eigenvalue weighted by Gasteiger charge is 2.17. The number of ether oxygens (including phenoxy) is 5. The highest BCUT2D eigenvalue weighted by molar-refractivity contribution is 5.86. The van der Waals surface area contributed by atoms with Crippen LogP contribution in [0.25, 0.3) is 0 Å². The fourth-order valence-corrected chi connectivity index (χ4v) is 1.61. The van der Waals surface area contributed by atoms with E-state index >= 15 is 0 Å². The van der Waals surface area contributed by atoms with E-state index in [1.165, 1.54) is 0 Å². The quantitative estimate of drug-likeness (QED) is 0.720. The third kappa shape index (κ3) is 6.77. The molecule has 0 saturated heterocycles. The molecule has 6 nitrogen and oxygen atoms in total. The molecule has 0 atom stereocenters. The lowest BCUT2D eigenvalue weighted by Gasteiger charge is -2.15. The topological polar surface area (TPSA) is 63.2 Å². The molecule has 0 spiro atoms. The molecule has 0 bridgehead atoms. The van der Waals surface area contributed by atoms with Gasteiger partial charge in [0, 0.05) is 26.1 Å². The first-order valence-corrected chi connectivity index (χ1v) is 7.04. The molecule has 0 aromatic carbocycles. The summed E-state index contributed by atoms with van der Waals surface area (Å²) < 4.78 is 26.7. The van der Waals surface area contributed by atoms with E-state index in [2.05, 4.69) is 0 Å². The lowest BCUT2D eigenvalue weighted by molar-refractivity contribution is -0.143. The largest absolute Gasteiger partial charge is 0.494 e. The van der Waals surface area contributed by atoms with E-state index in [0.29, 0.717) is 58.4 Å². The van der Waals surface area contributed by atoms with E-state index in [1.807, 2.05) is 0 Å². The minimum Gasteiger partial charge on any atom is -0.494 e. The van der Waals surface area contributed by atoms with Gasteiger partial charge in [0.1, 0.15) is 5.76 Å². The molecule has 6 heteroatoms. The van der Waals surface area contributed by atoms with E-state index in [4.69, 9.17) is 23.7 Å². The summed E-state index contributed by atoms with van der Waals surface area (Å²) in [5.74, 6) is 0.0977. The van der Waals surface area contributed by atoms with Gasteiger partial charge in [0.05, 0.1) is 33.0 Å². The Kier molecular flexibility index (Phi) is 8.82. The molecular weight excluding hydrogens is 264 g/mol. The average Bonchev–Trinajstić information content (AvgIpc) is 2.43. The van der Waals surface area contributed by atoms with Crippen molar-refractivity contribution < 1.29 is 28.5 Å². The number of carbonyl (C=O) groups is 1. The van der Waals surface area contributed by atoms with Crippen LogP contribution < -0.4 is 0 Å². The van der Waals surface area contributed by atoms with Gasteiger partial charge in [-0.1, -0.05) is 0 Å². The van der Waals surface area contributed by atoms with Crippen molar-refractivity contribution >= 4 is 5.97 Å². The van der Waals surface area contributed by atoms with Gasteiger partial charge < -0.3 is 23.7 Å². The summed E-state index contributed by atoms with van der Waals surface area (Å²) >= 11 is 0. The summed E-state index contributed by atoms with van der Waals surface area (Å²) in [6, 6.07) is 0.